The molecule has 3 aromatic rings. The van der Waals surface area contributed by atoms with Gasteiger partial charge in [-0.2, -0.15) is 0 Å². The van der Waals surface area contributed by atoms with Gasteiger partial charge in [-0.1, -0.05) is 49.2 Å². The van der Waals surface area contributed by atoms with Gasteiger partial charge in [0.1, 0.15) is 11.5 Å². The molecule has 1 saturated heterocycles. The number of Topliss-reactive ketones (excluding diaryl/α,β-unsaturated/α-hetero) is 1. The Bertz CT molecular complexity index is 1210. The Labute approximate surface area is 209 Å². The van der Waals surface area contributed by atoms with Crippen molar-refractivity contribution in [3.63, 3.8) is 0 Å². The fourth-order valence-corrected chi connectivity index (χ4v) is 4.29. The number of benzene rings is 2. The third-order valence-corrected chi connectivity index (χ3v) is 6.23. The lowest BCUT2D eigenvalue weighted by atomic mass is 9.95. The number of halogens is 1. The molecule has 1 atom stereocenters. The molecule has 2 heterocycles. The Morgan fingerprint density at radius 1 is 1.11 bits per heavy atom. The highest BCUT2D eigenvalue weighted by atomic mass is 35.5. The number of hydrogen-bond donors (Lipinski definition) is 1. The Hall–Kier alpha value is -3.58. The summed E-state index contributed by atoms with van der Waals surface area (Å²) < 4.78 is 7.68. The number of aromatic nitrogens is 2. The zero-order valence-corrected chi connectivity index (χ0v) is 20.3. The Kier molecular flexibility index (Phi) is 7.87. The van der Waals surface area contributed by atoms with E-state index in [1.54, 1.807) is 61.1 Å². The first-order chi connectivity index (χ1) is 17.0. The van der Waals surface area contributed by atoms with E-state index in [-0.39, 0.29) is 11.3 Å². The summed E-state index contributed by atoms with van der Waals surface area (Å²) in [6.45, 7) is 3.63. The van der Waals surface area contributed by atoms with E-state index in [9.17, 15) is 14.7 Å². The van der Waals surface area contributed by atoms with Gasteiger partial charge in [0.2, 0.25) is 0 Å². The Balaban J connectivity index is 1.68. The highest BCUT2D eigenvalue weighted by Gasteiger charge is 2.45. The second kappa shape index (κ2) is 11.2. The summed E-state index contributed by atoms with van der Waals surface area (Å²) in [5.41, 5.74) is 1.19. The van der Waals surface area contributed by atoms with Gasteiger partial charge in [-0.05, 0) is 42.7 Å². The van der Waals surface area contributed by atoms with Crippen molar-refractivity contribution in [1.82, 2.24) is 14.5 Å². The summed E-state index contributed by atoms with van der Waals surface area (Å²) >= 11 is 6.09. The van der Waals surface area contributed by atoms with Gasteiger partial charge >= 0.3 is 0 Å². The van der Waals surface area contributed by atoms with Crippen LogP contribution in [0.1, 0.15) is 43.4 Å². The van der Waals surface area contributed by atoms with Crippen LogP contribution in [0.25, 0.3) is 5.76 Å². The maximum atomic E-state index is 13.2. The lowest BCUT2D eigenvalue weighted by molar-refractivity contribution is -0.139. The largest absolute Gasteiger partial charge is 0.507 e. The molecule has 8 heteroatoms. The first kappa shape index (κ1) is 24.5. The van der Waals surface area contributed by atoms with Crippen molar-refractivity contribution in [3.8, 4) is 5.75 Å². The molecule has 2 aromatic carbocycles. The second-order valence-corrected chi connectivity index (χ2v) is 8.86. The summed E-state index contributed by atoms with van der Waals surface area (Å²) in [7, 11) is 0. The third kappa shape index (κ3) is 5.57. The van der Waals surface area contributed by atoms with Gasteiger partial charge in [0, 0.05) is 36.1 Å². The van der Waals surface area contributed by atoms with Crippen molar-refractivity contribution in [2.75, 3.05) is 13.2 Å². The first-order valence-electron chi connectivity index (χ1n) is 11.7. The number of rotatable bonds is 10. The van der Waals surface area contributed by atoms with Gasteiger partial charge in [-0.15, -0.1) is 0 Å². The Morgan fingerprint density at radius 3 is 2.63 bits per heavy atom. The number of ketones is 1. The van der Waals surface area contributed by atoms with E-state index in [1.807, 2.05) is 10.8 Å². The molecule has 1 unspecified atom stereocenters. The van der Waals surface area contributed by atoms with Crippen LogP contribution in [0, 0.1) is 0 Å². The number of aryl methyl sites for hydroxylation is 1. The maximum Gasteiger partial charge on any atom is 0.295 e. The molecule has 7 nitrogen and oxygen atoms in total. The number of aliphatic hydroxyl groups excluding tert-OH is 1. The number of amides is 1. The number of aliphatic hydroxyl groups is 1. The fraction of sp³-hybridized carbons (Fsp3) is 0.296. The van der Waals surface area contributed by atoms with Crippen LogP contribution in [0.4, 0.5) is 0 Å². The van der Waals surface area contributed by atoms with Gasteiger partial charge in [0.25, 0.3) is 11.7 Å². The number of imidazole rings is 1. The van der Waals surface area contributed by atoms with Crippen LogP contribution in [0.3, 0.4) is 0 Å². The van der Waals surface area contributed by atoms with E-state index in [0.29, 0.717) is 48.0 Å². The zero-order valence-electron chi connectivity index (χ0n) is 19.6. The normalized spacial score (nSPS) is 17.2. The van der Waals surface area contributed by atoms with Gasteiger partial charge in [-0.3, -0.25) is 9.59 Å². The van der Waals surface area contributed by atoms with Crippen LogP contribution in [0.2, 0.25) is 5.02 Å². The average molecular weight is 494 g/mol. The van der Waals surface area contributed by atoms with Crippen LogP contribution in [0.15, 0.2) is 72.8 Å². The van der Waals surface area contributed by atoms with Crippen molar-refractivity contribution in [2.24, 2.45) is 0 Å². The van der Waals surface area contributed by atoms with Gasteiger partial charge in [0.15, 0.2) is 0 Å². The predicted molar refractivity (Wildman–Crippen MR) is 134 cm³/mol. The smallest absolute Gasteiger partial charge is 0.295 e. The zero-order chi connectivity index (χ0) is 24.8. The van der Waals surface area contributed by atoms with Crippen molar-refractivity contribution in [1.29, 1.82) is 0 Å². The van der Waals surface area contributed by atoms with E-state index in [0.717, 1.165) is 12.8 Å². The van der Waals surface area contributed by atoms with E-state index < -0.39 is 17.7 Å². The molecule has 35 heavy (non-hydrogen) atoms. The number of carbonyl (C=O) groups excluding carboxylic acids is 2. The SMILES string of the molecule is CCCCOc1cccc(C(O)=C2C(=O)C(=O)N(CCCn3ccnc3)C2c2ccc(Cl)cc2)c1. The van der Waals surface area contributed by atoms with Crippen molar-refractivity contribution in [3.05, 3.63) is 89.0 Å². The summed E-state index contributed by atoms with van der Waals surface area (Å²) in [5, 5.41) is 11.8. The van der Waals surface area contributed by atoms with Gasteiger partial charge in [-0.25, -0.2) is 4.98 Å². The van der Waals surface area contributed by atoms with Crippen molar-refractivity contribution in [2.45, 2.75) is 38.8 Å². The van der Waals surface area contributed by atoms with E-state index in [4.69, 9.17) is 16.3 Å². The van der Waals surface area contributed by atoms with Gasteiger partial charge < -0.3 is 19.3 Å². The van der Waals surface area contributed by atoms with E-state index in [1.165, 1.54) is 4.90 Å². The van der Waals surface area contributed by atoms with Crippen LogP contribution in [-0.2, 0) is 16.1 Å². The molecule has 1 N–H and O–H groups in total. The first-order valence-corrected chi connectivity index (χ1v) is 12.1. The quantitative estimate of drug-likeness (QED) is 0.181. The molecule has 0 saturated carbocycles. The Morgan fingerprint density at radius 2 is 1.91 bits per heavy atom. The topological polar surface area (TPSA) is 84.7 Å². The number of hydrogen-bond acceptors (Lipinski definition) is 5. The highest BCUT2D eigenvalue weighted by molar-refractivity contribution is 6.46. The molecule has 4 rings (SSSR count). The van der Waals surface area contributed by atoms with Gasteiger partial charge in [0.05, 0.1) is 24.5 Å². The standard InChI is InChI=1S/C27H28ClN3O4/c1-2-3-16-35-22-7-4-6-20(17-22)25(32)23-24(19-8-10-21(28)11-9-19)31(27(34)26(23)33)14-5-13-30-15-12-29-18-30/h4,6-12,15,17-18,24,32H,2-3,5,13-14,16H2,1H3. The third-order valence-electron chi connectivity index (χ3n) is 5.97. The monoisotopic (exact) mass is 493 g/mol. The summed E-state index contributed by atoms with van der Waals surface area (Å²) in [5.74, 6) is -0.962. The lowest BCUT2D eigenvalue weighted by Gasteiger charge is -2.25. The van der Waals surface area contributed by atoms with Crippen LogP contribution < -0.4 is 4.74 Å². The summed E-state index contributed by atoms with van der Waals surface area (Å²) in [6.07, 6.45) is 7.79. The molecule has 1 aliphatic heterocycles. The number of nitrogens with zero attached hydrogens (tertiary/aromatic N) is 3. The average Bonchev–Trinajstić information content (AvgIpc) is 3.47. The maximum absolute atomic E-state index is 13.2. The molecule has 1 amide bonds. The van der Waals surface area contributed by atoms with Crippen molar-refractivity contribution >= 4 is 29.1 Å². The number of carbonyl (C=O) groups is 2. The highest BCUT2D eigenvalue weighted by Crippen LogP contribution is 2.40. The number of unbranched alkanes of at least 4 members (excludes halogenated alkanes) is 1. The summed E-state index contributed by atoms with van der Waals surface area (Å²) in [6, 6.07) is 13.2. The molecular formula is C27H28ClN3O4. The van der Waals surface area contributed by atoms with E-state index in [2.05, 4.69) is 11.9 Å². The minimum Gasteiger partial charge on any atom is -0.507 e. The molecule has 182 valence electrons. The lowest BCUT2D eigenvalue weighted by Crippen LogP contribution is -2.31. The minimum absolute atomic E-state index is 0.0608. The molecule has 1 aromatic heterocycles. The van der Waals surface area contributed by atoms with Crippen LogP contribution in [0.5, 0.6) is 5.75 Å². The van der Waals surface area contributed by atoms with Crippen molar-refractivity contribution < 1.29 is 19.4 Å². The predicted octanol–water partition coefficient (Wildman–Crippen LogP) is 5.23. The molecule has 1 fully saturated rings. The minimum atomic E-state index is -0.722. The number of ether oxygens (including phenoxy) is 1. The molecular weight excluding hydrogens is 466 g/mol. The molecule has 0 bridgehead atoms. The summed E-state index contributed by atoms with van der Waals surface area (Å²) in [4.78, 5) is 31.8. The molecule has 0 radical (unpaired) electrons. The fourth-order valence-electron chi connectivity index (χ4n) is 4.17. The second-order valence-electron chi connectivity index (χ2n) is 8.43. The molecule has 0 aliphatic carbocycles. The molecule has 1 aliphatic rings. The molecule has 0 spiro atoms. The van der Waals surface area contributed by atoms with Crippen LogP contribution >= 0.6 is 11.6 Å². The number of likely N-dealkylation sites (tertiary alicyclic amines) is 1. The van der Waals surface area contributed by atoms with E-state index >= 15 is 0 Å². The van der Waals surface area contributed by atoms with Crippen LogP contribution in [-0.4, -0.2) is 44.4 Å².